The van der Waals surface area contributed by atoms with Gasteiger partial charge in [-0.15, -0.1) is 11.3 Å². The number of rotatable bonds is 2. The molecule has 0 N–H and O–H groups in total. The maximum atomic E-state index is 2.29. The van der Waals surface area contributed by atoms with Crippen LogP contribution in [0.15, 0.2) is 72.1 Å². The molecule has 0 spiro atoms. The highest BCUT2D eigenvalue weighted by Gasteiger charge is 2.03. The molecule has 0 unspecified atom stereocenters. The molecule has 0 saturated carbocycles. The lowest BCUT2D eigenvalue weighted by atomic mass is 9.98. The third-order valence-corrected chi connectivity index (χ3v) is 4.92. The Bertz CT molecular complexity index is 975. The van der Waals surface area contributed by atoms with E-state index < -0.39 is 0 Å². The van der Waals surface area contributed by atoms with Crippen LogP contribution in [0, 0.1) is 0 Å². The predicted molar refractivity (Wildman–Crippen MR) is 99.3 cm³/mol. The first-order chi connectivity index (χ1) is 10.8. The smallest absolute Gasteiger partial charge is 0.0273 e. The molecule has 0 aliphatic heterocycles. The second kappa shape index (κ2) is 5.43. The lowest BCUT2D eigenvalue weighted by Crippen LogP contribution is -1.82. The van der Waals surface area contributed by atoms with Crippen molar-refractivity contribution in [3.63, 3.8) is 0 Å². The third kappa shape index (κ3) is 2.34. The van der Waals surface area contributed by atoms with E-state index in [0.717, 1.165) is 0 Å². The highest BCUT2D eigenvalue weighted by Crippen LogP contribution is 2.29. The van der Waals surface area contributed by atoms with Crippen molar-refractivity contribution >= 4 is 44.5 Å². The average Bonchev–Trinajstić information content (AvgIpc) is 3.07. The molecule has 0 fully saturated rings. The van der Waals surface area contributed by atoms with E-state index in [9.17, 15) is 0 Å². The van der Waals surface area contributed by atoms with E-state index in [1.54, 1.807) is 11.3 Å². The zero-order valence-corrected chi connectivity index (χ0v) is 13.2. The van der Waals surface area contributed by atoms with E-state index >= 15 is 0 Å². The Morgan fingerprint density at radius 1 is 0.818 bits per heavy atom. The predicted octanol–water partition coefficient (Wildman–Crippen LogP) is 6.62. The molecule has 22 heavy (non-hydrogen) atoms. The van der Waals surface area contributed by atoms with Crippen LogP contribution in [0.3, 0.4) is 0 Å². The first-order valence-corrected chi connectivity index (χ1v) is 8.33. The lowest BCUT2D eigenvalue weighted by Gasteiger charge is -2.07. The summed E-state index contributed by atoms with van der Waals surface area (Å²) in [6, 6.07) is 24.0. The number of fused-ring (bicyclic) bond motifs is 3. The zero-order chi connectivity index (χ0) is 14.9. The Morgan fingerprint density at radius 2 is 1.64 bits per heavy atom. The molecular formula is C21H16S. The third-order valence-electron chi connectivity index (χ3n) is 4.10. The number of hydrogen-bond donors (Lipinski definition) is 0. The van der Waals surface area contributed by atoms with Crippen molar-refractivity contribution in [3.8, 4) is 0 Å². The fourth-order valence-corrected chi connectivity index (χ4v) is 3.64. The van der Waals surface area contributed by atoms with E-state index in [1.165, 1.54) is 37.6 Å². The van der Waals surface area contributed by atoms with Crippen molar-refractivity contribution in [2.75, 3.05) is 0 Å². The topological polar surface area (TPSA) is 0 Å². The number of hydrogen-bond acceptors (Lipinski definition) is 1. The van der Waals surface area contributed by atoms with E-state index in [4.69, 9.17) is 0 Å². The molecule has 3 aromatic carbocycles. The lowest BCUT2D eigenvalue weighted by molar-refractivity contribution is 1.63. The molecule has 0 bridgehead atoms. The van der Waals surface area contributed by atoms with Crippen molar-refractivity contribution in [2.24, 2.45) is 0 Å². The van der Waals surface area contributed by atoms with Crippen LogP contribution < -0.4 is 0 Å². The van der Waals surface area contributed by atoms with Crippen molar-refractivity contribution in [1.29, 1.82) is 0 Å². The second-order valence-corrected chi connectivity index (χ2v) is 6.54. The van der Waals surface area contributed by atoms with E-state index in [1.807, 2.05) is 0 Å². The van der Waals surface area contributed by atoms with Gasteiger partial charge in [0, 0.05) is 4.88 Å². The summed E-state index contributed by atoms with van der Waals surface area (Å²) >= 11 is 1.78. The van der Waals surface area contributed by atoms with Crippen LogP contribution in [0.5, 0.6) is 0 Å². The monoisotopic (exact) mass is 300 g/mol. The van der Waals surface area contributed by atoms with Gasteiger partial charge in [-0.25, -0.2) is 0 Å². The fraction of sp³-hybridized carbons (Fsp3) is 0.0476. The zero-order valence-electron chi connectivity index (χ0n) is 12.4. The molecule has 0 atom stereocenters. The molecule has 106 valence electrons. The minimum Gasteiger partial charge on any atom is -0.144 e. The van der Waals surface area contributed by atoms with Crippen LogP contribution in [-0.4, -0.2) is 0 Å². The van der Waals surface area contributed by atoms with Crippen LogP contribution in [-0.2, 0) is 0 Å². The Kier molecular flexibility index (Phi) is 3.28. The fourth-order valence-electron chi connectivity index (χ4n) is 2.93. The molecule has 4 rings (SSSR count). The Morgan fingerprint density at radius 3 is 2.50 bits per heavy atom. The summed E-state index contributed by atoms with van der Waals surface area (Å²) in [4.78, 5) is 1.30. The van der Waals surface area contributed by atoms with Crippen LogP contribution in [0.1, 0.15) is 17.4 Å². The summed E-state index contributed by atoms with van der Waals surface area (Å²) in [7, 11) is 0. The summed E-state index contributed by atoms with van der Waals surface area (Å²) < 4.78 is 0. The second-order valence-electron chi connectivity index (χ2n) is 5.57. The van der Waals surface area contributed by atoms with Crippen molar-refractivity contribution < 1.29 is 0 Å². The Hall–Kier alpha value is -2.38. The van der Waals surface area contributed by atoms with Gasteiger partial charge in [-0.3, -0.25) is 0 Å². The first kappa shape index (κ1) is 13.3. The molecule has 0 radical (unpaired) electrons. The molecule has 0 saturated heterocycles. The van der Waals surface area contributed by atoms with Gasteiger partial charge >= 0.3 is 0 Å². The quantitative estimate of drug-likeness (QED) is 0.365. The van der Waals surface area contributed by atoms with Crippen LogP contribution in [0.2, 0.25) is 0 Å². The van der Waals surface area contributed by atoms with Crippen molar-refractivity contribution in [2.45, 2.75) is 6.92 Å². The molecule has 1 heterocycles. The molecular weight excluding hydrogens is 284 g/mol. The normalized spacial score (nSPS) is 12.1. The van der Waals surface area contributed by atoms with Gasteiger partial charge in [-0.2, -0.15) is 0 Å². The average molecular weight is 300 g/mol. The number of benzene rings is 3. The Labute approximate surface area is 134 Å². The van der Waals surface area contributed by atoms with Crippen LogP contribution in [0.25, 0.3) is 33.2 Å². The van der Waals surface area contributed by atoms with Gasteiger partial charge in [0.05, 0.1) is 0 Å². The molecule has 1 aromatic heterocycles. The Balaban J connectivity index is 1.86. The SMILES string of the molecule is C/C(=C/c1cccs1)c1ccc2c(ccc3ccccc32)c1. The highest BCUT2D eigenvalue weighted by molar-refractivity contribution is 7.10. The minimum absolute atomic E-state index is 1.29. The van der Waals surface area contributed by atoms with Crippen molar-refractivity contribution in [1.82, 2.24) is 0 Å². The van der Waals surface area contributed by atoms with Gasteiger partial charge in [0.15, 0.2) is 0 Å². The van der Waals surface area contributed by atoms with E-state index in [2.05, 4.69) is 85.1 Å². The summed E-state index contributed by atoms with van der Waals surface area (Å²) in [5, 5.41) is 7.37. The van der Waals surface area contributed by atoms with Gasteiger partial charge in [-0.1, -0.05) is 54.6 Å². The van der Waals surface area contributed by atoms with Crippen LogP contribution in [0.4, 0.5) is 0 Å². The molecule has 0 amide bonds. The van der Waals surface area contributed by atoms with Gasteiger partial charge < -0.3 is 0 Å². The maximum Gasteiger partial charge on any atom is 0.0273 e. The van der Waals surface area contributed by atoms with Crippen molar-refractivity contribution in [3.05, 3.63) is 82.6 Å². The summed E-state index contributed by atoms with van der Waals surface area (Å²) in [6.07, 6.45) is 2.26. The number of allylic oxidation sites excluding steroid dienone is 1. The molecule has 0 aliphatic carbocycles. The largest absolute Gasteiger partial charge is 0.144 e. The molecule has 1 heteroatoms. The van der Waals surface area contributed by atoms with Gasteiger partial charge in [0.2, 0.25) is 0 Å². The van der Waals surface area contributed by atoms with Gasteiger partial charge in [-0.05, 0) is 63.2 Å². The van der Waals surface area contributed by atoms with Gasteiger partial charge in [0.1, 0.15) is 0 Å². The molecule has 4 aromatic rings. The standard InChI is InChI=1S/C21H16S/c1-15(13-19-6-4-12-22-19)17-10-11-21-18(14-17)9-8-16-5-2-3-7-20(16)21/h2-14H,1H3/b15-13-. The first-order valence-electron chi connectivity index (χ1n) is 7.45. The van der Waals surface area contributed by atoms with Gasteiger partial charge in [0.25, 0.3) is 0 Å². The maximum absolute atomic E-state index is 2.29. The van der Waals surface area contributed by atoms with E-state index in [0.29, 0.717) is 0 Å². The highest BCUT2D eigenvalue weighted by atomic mass is 32.1. The summed E-state index contributed by atoms with van der Waals surface area (Å²) in [5.41, 5.74) is 2.59. The molecule has 0 nitrogen and oxygen atoms in total. The molecule has 0 aliphatic rings. The minimum atomic E-state index is 1.29. The summed E-state index contributed by atoms with van der Waals surface area (Å²) in [5.74, 6) is 0. The summed E-state index contributed by atoms with van der Waals surface area (Å²) in [6.45, 7) is 2.18. The van der Waals surface area contributed by atoms with Crippen LogP contribution >= 0.6 is 11.3 Å². The van der Waals surface area contributed by atoms with E-state index in [-0.39, 0.29) is 0 Å². The number of thiophene rings is 1.